The fourth-order valence-corrected chi connectivity index (χ4v) is 3.03. The van der Waals surface area contributed by atoms with Crippen LogP contribution in [0.2, 0.25) is 0 Å². The number of nitrogens with zero attached hydrogens (tertiary/aromatic N) is 1. The van der Waals surface area contributed by atoms with E-state index in [9.17, 15) is 9.70 Å². The lowest BCUT2D eigenvalue weighted by molar-refractivity contribution is 0.103. The Balaban J connectivity index is 2.14. The van der Waals surface area contributed by atoms with Crippen molar-refractivity contribution >= 4 is 22.6 Å². The van der Waals surface area contributed by atoms with Crippen molar-refractivity contribution in [1.29, 1.82) is 0 Å². The van der Waals surface area contributed by atoms with Gasteiger partial charge in [0.1, 0.15) is 0 Å². The molecule has 0 bridgehead atoms. The van der Waals surface area contributed by atoms with E-state index in [1.165, 1.54) is 0 Å². The number of rotatable bonds is 2. The molecular formula is C19H11NO2. The molecule has 4 rings (SSSR count). The molecule has 0 unspecified atom stereocenters. The Bertz CT molecular complexity index is 956. The second kappa shape index (κ2) is 4.74. The molecule has 3 aromatic rings. The molecule has 22 heavy (non-hydrogen) atoms. The van der Waals surface area contributed by atoms with Gasteiger partial charge in [0.15, 0.2) is 5.70 Å². The number of benzene rings is 3. The molecule has 1 aliphatic rings. The van der Waals surface area contributed by atoms with E-state index < -0.39 is 0 Å². The Labute approximate surface area is 126 Å². The lowest BCUT2D eigenvalue weighted by Crippen LogP contribution is -2.09. The molecule has 3 nitrogen and oxygen atoms in total. The summed E-state index contributed by atoms with van der Waals surface area (Å²) >= 11 is 0. The van der Waals surface area contributed by atoms with Gasteiger partial charge in [0, 0.05) is 10.9 Å². The van der Waals surface area contributed by atoms with Crippen LogP contribution >= 0.6 is 0 Å². The van der Waals surface area contributed by atoms with Crippen LogP contribution in [0.3, 0.4) is 0 Å². The Morgan fingerprint density at radius 3 is 2.41 bits per heavy atom. The lowest BCUT2D eigenvalue weighted by atomic mass is 9.85. The predicted octanol–water partition coefficient (Wildman–Crippen LogP) is 4.81. The van der Waals surface area contributed by atoms with Crippen molar-refractivity contribution in [1.82, 2.24) is 0 Å². The molecule has 0 heterocycles. The molecule has 3 aromatic carbocycles. The Morgan fingerprint density at radius 2 is 1.64 bits per heavy atom. The van der Waals surface area contributed by atoms with Gasteiger partial charge in [-0.05, 0) is 33.3 Å². The first kappa shape index (κ1) is 12.7. The second-order valence-corrected chi connectivity index (χ2v) is 5.25. The SMILES string of the molecule is O=NC1=Cc2cccc3ccc(-c4ccccc4)c(c23)C1=O. The minimum atomic E-state index is -0.307. The molecule has 0 saturated heterocycles. The third kappa shape index (κ3) is 1.72. The van der Waals surface area contributed by atoms with Crippen LogP contribution in [0.25, 0.3) is 28.0 Å². The predicted molar refractivity (Wildman–Crippen MR) is 87.5 cm³/mol. The van der Waals surface area contributed by atoms with E-state index in [1.807, 2.05) is 60.7 Å². The number of nitroso groups, excluding NO2 is 1. The number of hydrogen-bond donors (Lipinski definition) is 0. The highest BCUT2D eigenvalue weighted by atomic mass is 16.3. The van der Waals surface area contributed by atoms with Crippen molar-refractivity contribution in [3.63, 3.8) is 0 Å². The summed E-state index contributed by atoms with van der Waals surface area (Å²) in [6.45, 7) is 0. The highest BCUT2D eigenvalue weighted by Crippen LogP contribution is 2.37. The van der Waals surface area contributed by atoms with Gasteiger partial charge in [0.25, 0.3) is 0 Å². The third-order valence-corrected chi connectivity index (χ3v) is 4.01. The number of ketones is 1. The van der Waals surface area contributed by atoms with Crippen LogP contribution in [0.4, 0.5) is 0 Å². The first-order valence-corrected chi connectivity index (χ1v) is 7.00. The van der Waals surface area contributed by atoms with E-state index in [0.717, 1.165) is 27.5 Å². The van der Waals surface area contributed by atoms with E-state index in [4.69, 9.17) is 0 Å². The Hall–Kier alpha value is -3.07. The van der Waals surface area contributed by atoms with Crippen molar-refractivity contribution in [3.8, 4) is 11.1 Å². The molecule has 104 valence electrons. The summed E-state index contributed by atoms with van der Waals surface area (Å²) in [5.74, 6) is -0.307. The lowest BCUT2D eigenvalue weighted by Gasteiger charge is -2.17. The van der Waals surface area contributed by atoms with Crippen LogP contribution in [0, 0.1) is 4.91 Å². The highest BCUT2D eigenvalue weighted by Gasteiger charge is 2.26. The van der Waals surface area contributed by atoms with Gasteiger partial charge in [-0.1, -0.05) is 60.7 Å². The fourth-order valence-electron chi connectivity index (χ4n) is 3.03. The van der Waals surface area contributed by atoms with Crippen LogP contribution in [-0.4, -0.2) is 5.78 Å². The maximum atomic E-state index is 12.7. The van der Waals surface area contributed by atoms with Crippen LogP contribution < -0.4 is 0 Å². The second-order valence-electron chi connectivity index (χ2n) is 5.25. The number of hydrogen-bond acceptors (Lipinski definition) is 3. The molecule has 0 radical (unpaired) electrons. The van der Waals surface area contributed by atoms with Crippen molar-refractivity contribution < 1.29 is 4.79 Å². The minimum absolute atomic E-state index is 0.0385. The van der Waals surface area contributed by atoms with Crippen molar-refractivity contribution in [2.75, 3.05) is 0 Å². The summed E-state index contributed by atoms with van der Waals surface area (Å²) < 4.78 is 0. The molecule has 3 heteroatoms. The van der Waals surface area contributed by atoms with Crippen molar-refractivity contribution in [2.45, 2.75) is 0 Å². The van der Waals surface area contributed by atoms with Crippen LogP contribution in [-0.2, 0) is 0 Å². The Morgan fingerprint density at radius 1 is 0.818 bits per heavy atom. The number of carbonyl (C=O) groups is 1. The van der Waals surface area contributed by atoms with Gasteiger partial charge >= 0.3 is 0 Å². The topological polar surface area (TPSA) is 46.5 Å². The van der Waals surface area contributed by atoms with E-state index in [0.29, 0.717) is 5.56 Å². The Kier molecular flexibility index (Phi) is 2.73. The first-order chi connectivity index (χ1) is 10.8. The van der Waals surface area contributed by atoms with Gasteiger partial charge in [-0.2, -0.15) is 0 Å². The standard InChI is InChI=1S/C19H11NO2/c21-19-16(20-22)11-14-8-4-7-13-9-10-15(18(19)17(13)14)12-5-2-1-3-6-12/h1-11H. The quantitative estimate of drug-likeness (QED) is 0.634. The van der Waals surface area contributed by atoms with E-state index in [1.54, 1.807) is 6.08 Å². The van der Waals surface area contributed by atoms with Gasteiger partial charge in [0.2, 0.25) is 5.78 Å². The third-order valence-electron chi connectivity index (χ3n) is 4.01. The molecule has 0 aliphatic heterocycles. The van der Waals surface area contributed by atoms with Gasteiger partial charge in [-0.15, -0.1) is 4.91 Å². The zero-order chi connectivity index (χ0) is 15.1. The van der Waals surface area contributed by atoms with E-state index in [2.05, 4.69) is 5.18 Å². The number of allylic oxidation sites excluding steroid dienone is 1. The van der Waals surface area contributed by atoms with Crippen LogP contribution in [0.15, 0.2) is 71.5 Å². The number of carbonyl (C=O) groups excluding carboxylic acids is 1. The minimum Gasteiger partial charge on any atom is -0.287 e. The molecule has 0 aromatic heterocycles. The van der Waals surface area contributed by atoms with Crippen molar-refractivity contribution in [3.05, 3.63) is 82.4 Å². The zero-order valence-corrected chi connectivity index (χ0v) is 11.6. The summed E-state index contributed by atoms with van der Waals surface area (Å²) in [5, 5.41) is 4.79. The average molecular weight is 285 g/mol. The van der Waals surface area contributed by atoms with Gasteiger partial charge < -0.3 is 0 Å². The van der Waals surface area contributed by atoms with Gasteiger partial charge in [0.05, 0.1) is 0 Å². The summed E-state index contributed by atoms with van der Waals surface area (Å²) in [6.07, 6.45) is 1.57. The van der Waals surface area contributed by atoms with Gasteiger partial charge in [-0.25, -0.2) is 0 Å². The monoisotopic (exact) mass is 285 g/mol. The van der Waals surface area contributed by atoms with Crippen LogP contribution in [0.5, 0.6) is 0 Å². The fraction of sp³-hybridized carbons (Fsp3) is 0. The summed E-state index contributed by atoms with van der Waals surface area (Å²) in [6, 6.07) is 19.4. The molecule has 0 fully saturated rings. The van der Waals surface area contributed by atoms with Gasteiger partial charge in [-0.3, -0.25) is 4.79 Å². The van der Waals surface area contributed by atoms with Crippen molar-refractivity contribution in [2.24, 2.45) is 5.18 Å². The zero-order valence-electron chi connectivity index (χ0n) is 11.6. The molecule has 1 aliphatic carbocycles. The van der Waals surface area contributed by atoms with Crippen LogP contribution in [0.1, 0.15) is 15.9 Å². The van der Waals surface area contributed by atoms with E-state index in [-0.39, 0.29) is 11.5 Å². The molecule has 0 saturated carbocycles. The average Bonchev–Trinajstić information content (AvgIpc) is 2.58. The first-order valence-electron chi connectivity index (χ1n) is 7.00. The largest absolute Gasteiger partial charge is 0.287 e. The summed E-state index contributed by atoms with van der Waals surface area (Å²) in [7, 11) is 0. The smallest absolute Gasteiger partial charge is 0.216 e. The van der Waals surface area contributed by atoms with E-state index >= 15 is 0 Å². The molecule has 0 atom stereocenters. The molecule has 0 spiro atoms. The normalized spacial score (nSPS) is 13.1. The molecular weight excluding hydrogens is 274 g/mol. The maximum Gasteiger partial charge on any atom is 0.216 e. The summed E-state index contributed by atoms with van der Waals surface area (Å²) in [4.78, 5) is 23.7. The molecule has 0 N–H and O–H groups in total. The maximum absolute atomic E-state index is 12.7. The number of Topliss-reactive ketones (excluding diaryl/α,β-unsaturated/α-hetero) is 1. The molecule has 0 amide bonds. The summed E-state index contributed by atoms with van der Waals surface area (Å²) in [5.41, 5.74) is 3.17. The highest BCUT2D eigenvalue weighted by molar-refractivity contribution is 6.25.